The van der Waals surface area contributed by atoms with Gasteiger partial charge in [-0.2, -0.15) is 0 Å². The molecule has 0 saturated heterocycles. The predicted octanol–water partition coefficient (Wildman–Crippen LogP) is 4.79. The van der Waals surface area contributed by atoms with E-state index >= 15 is 0 Å². The monoisotopic (exact) mass is 243 g/mol. The summed E-state index contributed by atoms with van der Waals surface area (Å²) >= 11 is 5.85. The van der Waals surface area contributed by atoms with Crippen molar-refractivity contribution in [2.75, 3.05) is 0 Å². The van der Waals surface area contributed by atoms with E-state index in [1.54, 1.807) is 0 Å². The van der Waals surface area contributed by atoms with Crippen molar-refractivity contribution >= 4 is 23.0 Å². The number of hydrogen-bond acceptors (Lipinski definition) is 1. The minimum absolute atomic E-state index is 0.747. The van der Waals surface area contributed by atoms with Gasteiger partial charge in [0.1, 0.15) is 0 Å². The molecule has 2 aromatic rings. The average molecular weight is 244 g/mol. The molecule has 0 unspecified atom stereocenters. The molecular weight excluding hydrogens is 230 g/mol. The van der Waals surface area contributed by atoms with Crippen LogP contribution < -0.4 is 0 Å². The van der Waals surface area contributed by atoms with E-state index in [0.29, 0.717) is 0 Å². The first-order valence-electron chi connectivity index (χ1n) is 5.53. The van der Waals surface area contributed by atoms with Crippen LogP contribution in [0, 0.1) is 6.92 Å². The molecule has 17 heavy (non-hydrogen) atoms. The Morgan fingerprint density at radius 1 is 0.941 bits per heavy atom. The molecule has 0 aliphatic rings. The maximum atomic E-state index is 5.85. The fourth-order valence-corrected chi connectivity index (χ4v) is 1.69. The summed E-state index contributed by atoms with van der Waals surface area (Å²) in [7, 11) is 0. The Morgan fingerprint density at radius 3 is 2.12 bits per heavy atom. The van der Waals surface area contributed by atoms with Gasteiger partial charge in [0.15, 0.2) is 0 Å². The van der Waals surface area contributed by atoms with E-state index < -0.39 is 0 Å². The number of aliphatic imine (C=N–C) groups is 1. The van der Waals surface area contributed by atoms with Crippen molar-refractivity contribution in [3.05, 3.63) is 64.7 Å². The van der Waals surface area contributed by atoms with Crippen molar-refractivity contribution in [3.8, 4) is 0 Å². The maximum absolute atomic E-state index is 5.85. The van der Waals surface area contributed by atoms with Crippen molar-refractivity contribution in [2.24, 2.45) is 4.99 Å². The van der Waals surface area contributed by atoms with Crippen LogP contribution in [0.2, 0.25) is 5.02 Å². The van der Waals surface area contributed by atoms with Gasteiger partial charge in [-0.1, -0.05) is 41.4 Å². The van der Waals surface area contributed by atoms with E-state index in [4.69, 9.17) is 11.6 Å². The van der Waals surface area contributed by atoms with Gasteiger partial charge in [-0.25, -0.2) is 0 Å². The van der Waals surface area contributed by atoms with Gasteiger partial charge >= 0.3 is 0 Å². The Morgan fingerprint density at radius 2 is 1.53 bits per heavy atom. The molecule has 0 fully saturated rings. The van der Waals surface area contributed by atoms with Crippen molar-refractivity contribution in [1.82, 2.24) is 0 Å². The van der Waals surface area contributed by atoms with Gasteiger partial charge in [0, 0.05) is 10.7 Å². The van der Waals surface area contributed by atoms with E-state index in [1.807, 2.05) is 43.3 Å². The Bertz CT molecular complexity index is 524. The van der Waals surface area contributed by atoms with Crippen LogP contribution in [0.25, 0.3) is 0 Å². The Balaban J connectivity index is 2.27. The first-order chi connectivity index (χ1) is 8.15. The number of nitrogens with zero attached hydrogens (tertiary/aromatic N) is 1. The van der Waals surface area contributed by atoms with Crippen LogP contribution in [-0.2, 0) is 0 Å². The van der Waals surface area contributed by atoms with Crippen LogP contribution in [0.3, 0.4) is 0 Å². The van der Waals surface area contributed by atoms with Gasteiger partial charge in [0.25, 0.3) is 0 Å². The van der Waals surface area contributed by atoms with Gasteiger partial charge in [-0.05, 0) is 43.7 Å². The molecular formula is C15H14ClN. The molecule has 2 rings (SSSR count). The summed E-state index contributed by atoms with van der Waals surface area (Å²) in [6.07, 6.45) is 0. The summed E-state index contributed by atoms with van der Waals surface area (Å²) in [4.78, 5) is 4.57. The highest BCUT2D eigenvalue weighted by molar-refractivity contribution is 6.30. The molecule has 1 nitrogen and oxygen atoms in total. The summed E-state index contributed by atoms with van der Waals surface area (Å²) in [5.74, 6) is 0. The molecule has 0 spiro atoms. The van der Waals surface area contributed by atoms with Crippen LogP contribution in [0.5, 0.6) is 0 Å². The van der Waals surface area contributed by atoms with Crippen LogP contribution in [0.15, 0.2) is 53.5 Å². The summed E-state index contributed by atoms with van der Waals surface area (Å²) in [5.41, 5.74) is 4.30. The smallest absolute Gasteiger partial charge is 0.0633 e. The second kappa shape index (κ2) is 5.15. The standard InChI is InChI=1S/C15H14ClN/c1-11-3-9-15(10-4-11)17-12(2)13-5-7-14(16)8-6-13/h3-10H,1-2H3. The third kappa shape index (κ3) is 3.18. The van der Waals surface area contributed by atoms with Gasteiger partial charge in [0.2, 0.25) is 0 Å². The van der Waals surface area contributed by atoms with Crippen molar-refractivity contribution in [3.63, 3.8) is 0 Å². The molecule has 0 radical (unpaired) electrons. The summed E-state index contributed by atoms with van der Waals surface area (Å²) in [6.45, 7) is 4.07. The molecule has 0 N–H and O–H groups in total. The zero-order chi connectivity index (χ0) is 12.3. The lowest BCUT2D eigenvalue weighted by Crippen LogP contribution is -1.92. The third-order valence-corrected chi connectivity index (χ3v) is 2.84. The highest BCUT2D eigenvalue weighted by Gasteiger charge is 1.97. The van der Waals surface area contributed by atoms with Gasteiger partial charge in [-0.3, -0.25) is 4.99 Å². The first-order valence-corrected chi connectivity index (χ1v) is 5.91. The predicted molar refractivity (Wildman–Crippen MR) is 74.5 cm³/mol. The Labute approximate surface area is 107 Å². The molecule has 0 atom stereocenters. The van der Waals surface area contributed by atoms with Gasteiger partial charge in [0.05, 0.1) is 5.69 Å². The maximum Gasteiger partial charge on any atom is 0.0633 e. The molecule has 2 heteroatoms. The second-order valence-corrected chi connectivity index (χ2v) is 4.48. The zero-order valence-corrected chi connectivity index (χ0v) is 10.7. The van der Waals surface area contributed by atoms with Crippen LogP contribution in [-0.4, -0.2) is 5.71 Å². The molecule has 0 aliphatic heterocycles. The third-order valence-electron chi connectivity index (χ3n) is 2.59. The summed E-state index contributed by atoms with van der Waals surface area (Å²) in [6, 6.07) is 15.9. The van der Waals surface area contributed by atoms with Crippen LogP contribution >= 0.6 is 11.6 Å². The van der Waals surface area contributed by atoms with Gasteiger partial charge in [-0.15, -0.1) is 0 Å². The second-order valence-electron chi connectivity index (χ2n) is 4.04. The fraction of sp³-hybridized carbons (Fsp3) is 0.133. The minimum Gasteiger partial charge on any atom is -0.253 e. The lowest BCUT2D eigenvalue weighted by Gasteiger charge is -2.02. The van der Waals surface area contributed by atoms with E-state index in [0.717, 1.165) is 22.0 Å². The number of benzene rings is 2. The van der Waals surface area contributed by atoms with Crippen LogP contribution in [0.1, 0.15) is 18.1 Å². The molecule has 0 amide bonds. The largest absolute Gasteiger partial charge is 0.253 e. The molecule has 0 saturated carbocycles. The average Bonchev–Trinajstić information content (AvgIpc) is 2.33. The SMILES string of the molecule is CC(=Nc1ccc(C)cc1)c1ccc(Cl)cc1. The van der Waals surface area contributed by atoms with E-state index in [-0.39, 0.29) is 0 Å². The number of aryl methyl sites for hydroxylation is 1. The van der Waals surface area contributed by atoms with Crippen LogP contribution in [0.4, 0.5) is 5.69 Å². The lowest BCUT2D eigenvalue weighted by atomic mass is 10.1. The van der Waals surface area contributed by atoms with Crippen molar-refractivity contribution < 1.29 is 0 Å². The highest BCUT2D eigenvalue weighted by Crippen LogP contribution is 2.16. The van der Waals surface area contributed by atoms with Crippen molar-refractivity contribution in [2.45, 2.75) is 13.8 Å². The number of hydrogen-bond donors (Lipinski definition) is 0. The first kappa shape index (κ1) is 11.9. The van der Waals surface area contributed by atoms with E-state index in [9.17, 15) is 0 Å². The van der Waals surface area contributed by atoms with E-state index in [2.05, 4.69) is 24.0 Å². The summed E-state index contributed by atoms with van der Waals surface area (Å²) < 4.78 is 0. The quantitative estimate of drug-likeness (QED) is 0.673. The topological polar surface area (TPSA) is 12.4 Å². The molecule has 0 aromatic heterocycles. The Kier molecular flexibility index (Phi) is 3.60. The molecule has 0 aliphatic carbocycles. The Hall–Kier alpha value is -1.60. The highest BCUT2D eigenvalue weighted by atomic mass is 35.5. The molecule has 86 valence electrons. The van der Waals surface area contributed by atoms with Gasteiger partial charge < -0.3 is 0 Å². The minimum atomic E-state index is 0.747. The normalized spacial score (nSPS) is 11.6. The zero-order valence-electron chi connectivity index (χ0n) is 9.94. The molecule has 0 heterocycles. The molecule has 0 bridgehead atoms. The number of halogens is 1. The fourth-order valence-electron chi connectivity index (χ4n) is 1.57. The molecule has 2 aromatic carbocycles. The van der Waals surface area contributed by atoms with E-state index in [1.165, 1.54) is 5.56 Å². The number of rotatable bonds is 2. The lowest BCUT2D eigenvalue weighted by molar-refractivity contribution is 1.42. The summed E-state index contributed by atoms with van der Waals surface area (Å²) in [5, 5.41) is 0.747. The van der Waals surface area contributed by atoms with Crippen molar-refractivity contribution in [1.29, 1.82) is 0 Å².